The summed E-state index contributed by atoms with van der Waals surface area (Å²) >= 11 is 0. The van der Waals surface area contributed by atoms with Crippen molar-refractivity contribution in [3.05, 3.63) is 87.3 Å². The van der Waals surface area contributed by atoms with Crippen molar-refractivity contribution in [2.45, 2.75) is 19.4 Å². The number of aromatic carboxylic acids is 1. The molecule has 0 spiro atoms. The second kappa shape index (κ2) is 7.35. The predicted octanol–water partition coefficient (Wildman–Crippen LogP) is 2.89. The Bertz CT molecular complexity index is 1140. The summed E-state index contributed by atoms with van der Waals surface area (Å²) in [4.78, 5) is 45.7. The van der Waals surface area contributed by atoms with Gasteiger partial charge >= 0.3 is 5.97 Å². The van der Waals surface area contributed by atoms with Crippen molar-refractivity contribution in [2.75, 3.05) is 6.54 Å². The molecule has 2 N–H and O–H groups in total. The van der Waals surface area contributed by atoms with Gasteiger partial charge in [0.1, 0.15) is 5.82 Å². The summed E-state index contributed by atoms with van der Waals surface area (Å²) in [6, 6.07) is 15.2. The van der Waals surface area contributed by atoms with Crippen LogP contribution in [0.1, 0.15) is 44.8 Å². The van der Waals surface area contributed by atoms with Gasteiger partial charge in [0.05, 0.1) is 23.4 Å². The minimum absolute atomic E-state index is 0.106. The highest BCUT2D eigenvalue weighted by Gasteiger charge is 2.30. The zero-order valence-electron chi connectivity index (χ0n) is 15.8. The van der Waals surface area contributed by atoms with E-state index in [1.165, 1.54) is 24.3 Å². The van der Waals surface area contributed by atoms with Crippen LogP contribution in [0.2, 0.25) is 0 Å². The van der Waals surface area contributed by atoms with Gasteiger partial charge in [-0.15, -0.1) is 0 Å². The van der Waals surface area contributed by atoms with Crippen molar-refractivity contribution in [2.24, 2.45) is 0 Å². The maximum atomic E-state index is 12.9. The molecule has 3 aromatic rings. The van der Waals surface area contributed by atoms with E-state index in [0.29, 0.717) is 29.2 Å². The molecular weight excluding hydrogens is 370 g/mol. The normalized spacial score (nSPS) is 15.6. The van der Waals surface area contributed by atoms with Crippen LogP contribution in [0.5, 0.6) is 0 Å². The summed E-state index contributed by atoms with van der Waals surface area (Å²) in [6.07, 6.45) is 0. The first-order valence-corrected chi connectivity index (χ1v) is 9.25. The van der Waals surface area contributed by atoms with Crippen LogP contribution in [0.4, 0.5) is 0 Å². The smallest absolute Gasteiger partial charge is 0.335 e. The number of nitrogens with one attached hydrogen (secondary N) is 1. The van der Waals surface area contributed by atoms with Gasteiger partial charge in [0.15, 0.2) is 0 Å². The Hall–Kier alpha value is -3.74. The molecule has 2 heterocycles. The number of hydrogen-bond donors (Lipinski definition) is 2. The molecular formula is C22H19N3O4. The first kappa shape index (κ1) is 18.6. The monoisotopic (exact) mass is 389 g/mol. The minimum Gasteiger partial charge on any atom is -0.478 e. The van der Waals surface area contributed by atoms with Crippen LogP contribution in [-0.2, 0) is 6.54 Å². The van der Waals surface area contributed by atoms with Crippen molar-refractivity contribution in [1.82, 2.24) is 14.9 Å². The van der Waals surface area contributed by atoms with Crippen LogP contribution in [0.25, 0.3) is 11.4 Å². The predicted molar refractivity (Wildman–Crippen MR) is 107 cm³/mol. The number of carbonyl (C=O) groups is 2. The molecule has 1 aliphatic heterocycles. The van der Waals surface area contributed by atoms with Gasteiger partial charge in [-0.05, 0) is 24.3 Å². The molecule has 7 heteroatoms. The standard InChI is InChI=1S/C22H19N3O4/c1-13-11-25(21(27)15-7-9-16(10-8-15)22(28)29)12-17-18(13)23-19(24-20(17)26)14-5-3-2-4-6-14/h2-10,13H,11-12H2,1H3,(H,28,29)(H,23,24,26). The second-order valence-electron chi connectivity index (χ2n) is 7.11. The van der Waals surface area contributed by atoms with Crippen LogP contribution in [0.15, 0.2) is 59.4 Å². The second-order valence-corrected chi connectivity index (χ2v) is 7.11. The molecule has 146 valence electrons. The van der Waals surface area contributed by atoms with Gasteiger partial charge in [0, 0.05) is 23.6 Å². The first-order valence-electron chi connectivity index (χ1n) is 9.25. The maximum Gasteiger partial charge on any atom is 0.335 e. The molecule has 7 nitrogen and oxygen atoms in total. The van der Waals surface area contributed by atoms with Crippen LogP contribution in [-0.4, -0.2) is 38.4 Å². The molecule has 4 rings (SSSR count). The Kier molecular flexibility index (Phi) is 4.72. The number of carboxylic acids is 1. The van der Waals surface area contributed by atoms with E-state index in [-0.39, 0.29) is 29.5 Å². The number of amides is 1. The number of carboxylic acid groups (broad SMARTS) is 1. The summed E-state index contributed by atoms with van der Waals surface area (Å²) in [7, 11) is 0. The summed E-state index contributed by atoms with van der Waals surface area (Å²) in [5, 5.41) is 9.00. The van der Waals surface area contributed by atoms with Gasteiger partial charge in [0.25, 0.3) is 11.5 Å². The number of rotatable bonds is 3. The van der Waals surface area contributed by atoms with Crippen molar-refractivity contribution >= 4 is 11.9 Å². The van der Waals surface area contributed by atoms with Gasteiger partial charge in [0.2, 0.25) is 0 Å². The third-order valence-electron chi connectivity index (χ3n) is 5.07. The van der Waals surface area contributed by atoms with E-state index >= 15 is 0 Å². The summed E-state index contributed by atoms with van der Waals surface area (Å²) in [6.45, 7) is 2.53. The van der Waals surface area contributed by atoms with Crippen LogP contribution in [0, 0.1) is 0 Å². The molecule has 1 unspecified atom stereocenters. The molecule has 0 bridgehead atoms. The Morgan fingerprint density at radius 1 is 1.07 bits per heavy atom. The molecule has 0 aliphatic carbocycles. The minimum atomic E-state index is -1.05. The van der Waals surface area contributed by atoms with Gasteiger partial charge in [-0.25, -0.2) is 9.78 Å². The highest BCUT2D eigenvalue weighted by atomic mass is 16.4. The lowest BCUT2D eigenvalue weighted by atomic mass is 9.96. The first-order chi connectivity index (χ1) is 13.9. The molecule has 1 aliphatic rings. The molecule has 1 atom stereocenters. The molecule has 2 aromatic carbocycles. The van der Waals surface area contributed by atoms with E-state index in [9.17, 15) is 14.4 Å². The van der Waals surface area contributed by atoms with E-state index < -0.39 is 5.97 Å². The lowest BCUT2D eigenvalue weighted by molar-refractivity contribution is 0.0690. The average molecular weight is 389 g/mol. The molecule has 29 heavy (non-hydrogen) atoms. The van der Waals surface area contributed by atoms with E-state index in [1.807, 2.05) is 37.3 Å². The fourth-order valence-corrected chi connectivity index (χ4v) is 3.57. The lowest BCUT2D eigenvalue weighted by Crippen LogP contribution is -2.41. The Labute approximate surface area is 166 Å². The average Bonchev–Trinajstić information content (AvgIpc) is 2.74. The molecule has 1 aromatic heterocycles. The molecule has 1 amide bonds. The van der Waals surface area contributed by atoms with Gasteiger partial charge < -0.3 is 15.0 Å². The fourth-order valence-electron chi connectivity index (χ4n) is 3.57. The number of aromatic amines is 1. The van der Waals surface area contributed by atoms with E-state index in [4.69, 9.17) is 5.11 Å². The highest BCUT2D eigenvalue weighted by molar-refractivity contribution is 5.96. The van der Waals surface area contributed by atoms with Gasteiger partial charge in [-0.2, -0.15) is 0 Å². The van der Waals surface area contributed by atoms with Crippen LogP contribution >= 0.6 is 0 Å². The highest BCUT2D eigenvalue weighted by Crippen LogP contribution is 2.27. The number of fused-ring (bicyclic) bond motifs is 1. The number of H-pyrrole nitrogens is 1. The van der Waals surface area contributed by atoms with E-state index in [1.54, 1.807) is 4.90 Å². The zero-order chi connectivity index (χ0) is 20.5. The summed E-state index contributed by atoms with van der Waals surface area (Å²) < 4.78 is 0. The number of aromatic nitrogens is 2. The number of nitrogens with zero attached hydrogens (tertiary/aromatic N) is 2. The van der Waals surface area contributed by atoms with Gasteiger partial charge in [-0.1, -0.05) is 37.3 Å². The third kappa shape index (κ3) is 3.54. The summed E-state index contributed by atoms with van der Waals surface area (Å²) in [5.74, 6) is -0.877. The van der Waals surface area contributed by atoms with Crippen molar-refractivity contribution in [3.63, 3.8) is 0 Å². The quantitative estimate of drug-likeness (QED) is 0.717. The summed E-state index contributed by atoms with van der Waals surface area (Å²) in [5.41, 5.74) is 2.27. The van der Waals surface area contributed by atoms with Crippen molar-refractivity contribution in [1.29, 1.82) is 0 Å². The fraction of sp³-hybridized carbons (Fsp3) is 0.182. The van der Waals surface area contributed by atoms with Crippen molar-refractivity contribution in [3.8, 4) is 11.4 Å². The lowest BCUT2D eigenvalue weighted by Gasteiger charge is -2.32. The van der Waals surface area contributed by atoms with Crippen molar-refractivity contribution < 1.29 is 14.7 Å². The Morgan fingerprint density at radius 2 is 1.72 bits per heavy atom. The Morgan fingerprint density at radius 3 is 2.38 bits per heavy atom. The molecule has 0 saturated carbocycles. The zero-order valence-corrected chi connectivity index (χ0v) is 15.8. The van der Waals surface area contributed by atoms with Gasteiger partial charge in [-0.3, -0.25) is 9.59 Å². The van der Waals surface area contributed by atoms with E-state index in [2.05, 4.69) is 9.97 Å². The molecule has 0 saturated heterocycles. The number of hydrogen-bond acceptors (Lipinski definition) is 4. The molecule has 0 radical (unpaired) electrons. The van der Waals surface area contributed by atoms with Crippen LogP contribution in [0.3, 0.4) is 0 Å². The maximum absolute atomic E-state index is 12.9. The Balaban J connectivity index is 1.64. The largest absolute Gasteiger partial charge is 0.478 e. The number of carbonyl (C=O) groups excluding carboxylic acids is 1. The third-order valence-corrected chi connectivity index (χ3v) is 5.07. The van der Waals surface area contributed by atoms with Crippen LogP contribution < -0.4 is 5.56 Å². The number of benzene rings is 2. The topological polar surface area (TPSA) is 103 Å². The molecule has 0 fully saturated rings. The van der Waals surface area contributed by atoms with E-state index in [0.717, 1.165) is 5.56 Å². The SMILES string of the molecule is CC1CN(C(=O)c2ccc(C(=O)O)cc2)Cc2c1nc(-c1ccccc1)[nH]c2=O.